The molecule has 0 saturated carbocycles. The highest BCUT2D eigenvalue weighted by Crippen LogP contribution is 2.22. The van der Waals surface area contributed by atoms with Crippen LogP contribution >= 0.6 is 11.3 Å². The number of Topliss-reactive ketones (excluding diaryl/α,β-unsaturated/α-hetero) is 1. The van der Waals surface area contributed by atoms with E-state index in [4.69, 9.17) is 9.15 Å². The summed E-state index contributed by atoms with van der Waals surface area (Å²) in [5, 5.41) is 2.68. The smallest absolute Gasteiger partial charge is 0.306 e. The van der Waals surface area contributed by atoms with Crippen LogP contribution in [0.15, 0.2) is 46.3 Å². The number of benzene rings is 1. The van der Waals surface area contributed by atoms with Crippen molar-refractivity contribution in [2.45, 2.75) is 26.7 Å². The molecule has 3 heterocycles. The zero-order chi connectivity index (χ0) is 20.4. The van der Waals surface area contributed by atoms with Crippen molar-refractivity contribution in [3.63, 3.8) is 0 Å². The Labute approximate surface area is 171 Å². The summed E-state index contributed by atoms with van der Waals surface area (Å²) in [6, 6.07) is 9.21. The zero-order valence-electron chi connectivity index (χ0n) is 16.0. The number of para-hydroxylation sites is 2. The van der Waals surface area contributed by atoms with Crippen molar-refractivity contribution < 1.29 is 18.7 Å². The molecule has 0 N–H and O–H groups in total. The Hall–Kier alpha value is -3.26. The first kappa shape index (κ1) is 19.1. The Balaban J connectivity index is 1.34. The van der Waals surface area contributed by atoms with E-state index >= 15 is 0 Å². The molecule has 0 amide bonds. The summed E-state index contributed by atoms with van der Waals surface area (Å²) >= 11 is 1.49. The molecule has 0 atom stereocenters. The molecule has 8 heteroatoms. The summed E-state index contributed by atoms with van der Waals surface area (Å²) in [5.74, 6) is -0.230. The second-order valence-corrected chi connectivity index (χ2v) is 7.47. The molecule has 0 saturated heterocycles. The number of rotatable bonds is 7. The maximum absolute atomic E-state index is 12.6. The van der Waals surface area contributed by atoms with Gasteiger partial charge in [-0.25, -0.2) is 9.97 Å². The van der Waals surface area contributed by atoms with Crippen molar-refractivity contribution in [3.8, 4) is 5.13 Å². The van der Waals surface area contributed by atoms with Crippen LogP contribution in [-0.4, -0.2) is 32.9 Å². The van der Waals surface area contributed by atoms with Gasteiger partial charge >= 0.3 is 5.97 Å². The van der Waals surface area contributed by atoms with Crippen molar-refractivity contribution >= 4 is 34.2 Å². The summed E-state index contributed by atoms with van der Waals surface area (Å²) in [6.45, 7) is 3.47. The van der Waals surface area contributed by atoms with Gasteiger partial charge in [-0.3, -0.25) is 14.2 Å². The van der Waals surface area contributed by atoms with Crippen LogP contribution in [0.5, 0.6) is 0 Å². The molecule has 4 aromatic rings. The minimum atomic E-state index is -0.464. The van der Waals surface area contributed by atoms with Gasteiger partial charge in [-0.2, -0.15) is 0 Å². The average molecular weight is 409 g/mol. The molecular weight excluding hydrogens is 390 g/mol. The number of thiazole rings is 1. The minimum absolute atomic E-state index is 0.0955. The average Bonchev–Trinajstić information content (AvgIpc) is 3.43. The van der Waals surface area contributed by atoms with E-state index in [0.717, 1.165) is 22.0 Å². The number of esters is 1. The van der Waals surface area contributed by atoms with Crippen LogP contribution < -0.4 is 0 Å². The minimum Gasteiger partial charge on any atom is -0.457 e. The number of aryl methyl sites for hydroxylation is 2. The van der Waals surface area contributed by atoms with Crippen LogP contribution in [0, 0.1) is 13.8 Å². The first-order valence-electron chi connectivity index (χ1n) is 9.15. The second kappa shape index (κ2) is 8.00. The molecule has 0 bridgehead atoms. The predicted octanol–water partition coefficient (Wildman–Crippen LogP) is 4.05. The molecule has 7 nitrogen and oxygen atoms in total. The Morgan fingerprint density at radius 1 is 1.24 bits per heavy atom. The van der Waals surface area contributed by atoms with Gasteiger partial charge in [0.25, 0.3) is 0 Å². The van der Waals surface area contributed by atoms with E-state index in [-0.39, 0.29) is 18.8 Å². The van der Waals surface area contributed by atoms with Gasteiger partial charge in [-0.15, -0.1) is 11.3 Å². The highest BCUT2D eigenvalue weighted by Gasteiger charge is 2.19. The lowest BCUT2D eigenvalue weighted by atomic mass is 10.1. The van der Waals surface area contributed by atoms with E-state index in [1.54, 1.807) is 12.3 Å². The van der Waals surface area contributed by atoms with Crippen LogP contribution in [-0.2, 0) is 16.0 Å². The normalized spacial score (nSPS) is 11.1. The van der Waals surface area contributed by atoms with Crippen molar-refractivity contribution in [1.82, 2.24) is 14.5 Å². The topological polar surface area (TPSA) is 87.2 Å². The largest absolute Gasteiger partial charge is 0.457 e. The monoisotopic (exact) mass is 409 g/mol. The van der Waals surface area contributed by atoms with Gasteiger partial charge < -0.3 is 9.15 Å². The number of oxazole rings is 1. The summed E-state index contributed by atoms with van der Waals surface area (Å²) in [5.41, 5.74) is 3.65. The lowest BCUT2D eigenvalue weighted by Gasteiger charge is -2.06. The number of fused-ring (bicyclic) bond motifs is 1. The summed E-state index contributed by atoms with van der Waals surface area (Å²) in [6.07, 6.45) is 2.14. The first-order chi connectivity index (χ1) is 14.0. The summed E-state index contributed by atoms with van der Waals surface area (Å²) in [7, 11) is 0. The van der Waals surface area contributed by atoms with Crippen molar-refractivity contribution in [1.29, 1.82) is 0 Å². The molecule has 0 unspecified atom stereocenters. The molecular formula is C21H19N3O4S. The molecule has 0 spiro atoms. The van der Waals surface area contributed by atoms with Crippen LogP contribution in [0.3, 0.4) is 0 Å². The standard InChI is InChI=1S/C21H19N3O4S/c1-13-11-15(14(2)24(13)21-22-9-10-29-21)17(25)12-27-20(26)8-7-19-23-16-5-3-4-6-18(16)28-19/h3-6,9-11H,7-8,12H2,1-2H3. The number of nitrogens with zero attached hydrogens (tertiary/aromatic N) is 3. The fourth-order valence-corrected chi connectivity index (χ4v) is 3.95. The van der Waals surface area contributed by atoms with Gasteiger partial charge in [0, 0.05) is 34.9 Å². The molecule has 0 aliphatic heterocycles. The fourth-order valence-electron chi connectivity index (χ4n) is 3.20. The predicted molar refractivity (Wildman–Crippen MR) is 109 cm³/mol. The van der Waals surface area contributed by atoms with E-state index < -0.39 is 5.97 Å². The highest BCUT2D eigenvalue weighted by molar-refractivity contribution is 7.12. The quantitative estimate of drug-likeness (QED) is 0.338. The fraction of sp³-hybridized carbons (Fsp3) is 0.238. The Kier molecular flexibility index (Phi) is 5.26. The number of ether oxygens (including phenoxy) is 1. The van der Waals surface area contributed by atoms with Gasteiger partial charge in [-0.1, -0.05) is 12.1 Å². The van der Waals surface area contributed by atoms with Crippen LogP contribution in [0.2, 0.25) is 0 Å². The van der Waals surface area contributed by atoms with E-state index in [1.165, 1.54) is 11.3 Å². The van der Waals surface area contributed by atoms with Crippen molar-refractivity contribution in [3.05, 3.63) is 64.8 Å². The molecule has 0 radical (unpaired) electrons. The third kappa shape index (κ3) is 3.97. The van der Waals surface area contributed by atoms with Gasteiger partial charge in [0.1, 0.15) is 5.52 Å². The summed E-state index contributed by atoms with van der Waals surface area (Å²) < 4.78 is 12.7. The number of aromatic nitrogens is 3. The van der Waals surface area contributed by atoms with E-state index in [9.17, 15) is 9.59 Å². The van der Waals surface area contributed by atoms with E-state index in [1.807, 2.05) is 48.1 Å². The molecule has 29 heavy (non-hydrogen) atoms. The molecule has 4 rings (SSSR count). The van der Waals surface area contributed by atoms with Gasteiger partial charge in [0.2, 0.25) is 5.78 Å². The molecule has 148 valence electrons. The summed E-state index contributed by atoms with van der Waals surface area (Å²) in [4.78, 5) is 33.2. The highest BCUT2D eigenvalue weighted by atomic mass is 32.1. The maximum Gasteiger partial charge on any atom is 0.306 e. The third-order valence-corrected chi connectivity index (χ3v) is 5.34. The maximum atomic E-state index is 12.6. The van der Waals surface area contributed by atoms with Crippen LogP contribution in [0.4, 0.5) is 0 Å². The van der Waals surface area contributed by atoms with Crippen molar-refractivity contribution in [2.75, 3.05) is 6.61 Å². The molecule has 0 fully saturated rings. The van der Waals surface area contributed by atoms with Crippen LogP contribution in [0.1, 0.15) is 34.1 Å². The molecule has 0 aliphatic carbocycles. The second-order valence-electron chi connectivity index (χ2n) is 6.59. The number of carbonyl (C=O) groups excluding carboxylic acids is 2. The van der Waals surface area contributed by atoms with Gasteiger partial charge in [-0.05, 0) is 32.0 Å². The molecule has 0 aliphatic rings. The Morgan fingerprint density at radius 3 is 2.83 bits per heavy atom. The lowest BCUT2D eigenvalue weighted by molar-refractivity contribution is -0.142. The molecule has 3 aromatic heterocycles. The van der Waals surface area contributed by atoms with E-state index in [0.29, 0.717) is 23.5 Å². The van der Waals surface area contributed by atoms with Gasteiger partial charge in [0.15, 0.2) is 23.2 Å². The number of hydrogen-bond donors (Lipinski definition) is 0. The molecule has 1 aromatic carbocycles. The third-order valence-electron chi connectivity index (χ3n) is 4.59. The number of hydrogen-bond acceptors (Lipinski definition) is 7. The lowest BCUT2D eigenvalue weighted by Crippen LogP contribution is -2.15. The Morgan fingerprint density at radius 2 is 2.07 bits per heavy atom. The SMILES string of the molecule is Cc1cc(C(=O)COC(=O)CCc2nc3ccccc3o2)c(C)n1-c1nccs1. The number of ketones is 1. The van der Waals surface area contributed by atoms with Crippen molar-refractivity contribution in [2.24, 2.45) is 0 Å². The Bertz CT molecular complexity index is 1140. The number of carbonyl (C=O) groups is 2. The first-order valence-corrected chi connectivity index (χ1v) is 10.0. The van der Waals surface area contributed by atoms with Crippen LogP contribution in [0.25, 0.3) is 16.2 Å². The van der Waals surface area contributed by atoms with E-state index in [2.05, 4.69) is 9.97 Å². The zero-order valence-corrected chi connectivity index (χ0v) is 16.9. The van der Waals surface area contributed by atoms with Gasteiger partial charge in [0.05, 0.1) is 6.42 Å².